The Balaban J connectivity index is 1.39. The van der Waals surface area contributed by atoms with Crippen molar-refractivity contribution in [2.24, 2.45) is 0 Å². The summed E-state index contributed by atoms with van der Waals surface area (Å²) in [5.74, 6) is -3.34. The minimum atomic E-state index is -3.51. The Morgan fingerprint density at radius 3 is 2.51 bits per heavy atom. The van der Waals surface area contributed by atoms with Crippen molar-refractivity contribution < 1.29 is 40.2 Å². The second-order valence-corrected chi connectivity index (χ2v) is 12.1. The van der Waals surface area contributed by atoms with Gasteiger partial charge in [0, 0.05) is 29.9 Å². The average molecular weight is 617 g/mol. The van der Waals surface area contributed by atoms with Crippen molar-refractivity contribution in [2.75, 3.05) is 18.6 Å². The standard InChI is InChI=1S/C29H24F4N4O5S/c1-15-6-26(42-28-21(30)4-3-5-22(28)31)35-12-23(15)37-29(34)20(11-36-37)27(38)18-7-16-9-19(14-43(2,39)40)24(10-17(16)8-18)41-13-25(32)33/h3-6,8-12,25H,7,13-14,34H2,1-2H3. The zero-order valence-electron chi connectivity index (χ0n) is 22.8. The Hall–Kier alpha value is -4.72. The van der Waals surface area contributed by atoms with Crippen LogP contribution in [0.25, 0.3) is 11.8 Å². The van der Waals surface area contributed by atoms with Crippen LogP contribution >= 0.6 is 0 Å². The third-order valence-electron chi connectivity index (χ3n) is 6.57. The smallest absolute Gasteiger partial charge is 0.272 e. The van der Waals surface area contributed by atoms with Gasteiger partial charge in [-0.2, -0.15) is 5.10 Å². The number of hydrogen-bond donors (Lipinski definition) is 1. The van der Waals surface area contributed by atoms with E-state index in [0.29, 0.717) is 28.0 Å². The number of anilines is 1. The molecule has 0 atom stereocenters. The molecule has 5 rings (SSSR count). The summed E-state index contributed by atoms with van der Waals surface area (Å²) in [5.41, 5.74) is 8.98. The first-order valence-corrected chi connectivity index (χ1v) is 14.8. The molecule has 0 unspecified atom stereocenters. The van der Waals surface area contributed by atoms with Gasteiger partial charge < -0.3 is 15.2 Å². The molecule has 0 amide bonds. The van der Waals surface area contributed by atoms with Gasteiger partial charge in [0.05, 0.1) is 29.4 Å². The number of ketones is 1. The fourth-order valence-electron chi connectivity index (χ4n) is 4.63. The third-order valence-corrected chi connectivity index (χ3v) is 7.41. The van der Waals surface area contributed by atoms with Gasteiger partial charge >= 0.3 is 0 Å². The first kappa shape index (κ1) is 29.8. The molecule has 1 aliphatic rings. The number of nitrogens with two attached hydrogens (primary N) is 1. The molecule has 0 radical (unpaired) electrons. The maximum atomic E-state index is 14.0. The molecule has 0 saturated heterocycles. The fourth-order valence-corrected chi connectivity index (χ4v) is 5.42. The lowest BCUT2D eigenvalue weighted by atomic mass is 10.0. The monoisotopic (exact) mass is 616 g/mol. The molecule has 9 nitrogen and oxygen atoms in total. The minimum absolute atomic E-state index is 0.000654. The molecule has 0 aliphatic heterocycles. The van der Waals surface area contributed by atoms with Crippen LogP contribution in [0.2, 0.25) is 0 Å². The van der Waals surface area contributed by atoms with Gasteiger partial charge in [-0.3, -0.25) is 4.79 Å². The predicted octanol–water partition coefficient (Wildman–Crippen LogP) is 5.24. The number of rotatable bonds is 10. The lowest BCUT2D eigenvalue weighted by Crippen LogP contribution is -2.11. The van der Waals surface area contributed by atoms with Crippen molar-refractivity contribution in [3.05, 3.63) is 93.8 Å². The van der Waals surface area contributed by atoms with Crippen molar-refractivity contribution >= 4 is 27.5 Å². The molecular weight excluding hydrogens is 592 g/mol. The number of nitrogens with zero attached hydrogens (tertiary/aromatic N) is 3. The number of nitrogen functional groups attached to an aromatic ring is 1. The van der Waals surface area contributed by atoms with Crippen LogP contribution in [0.4, 0.5) is 23.4 Å². The number of hydrogen-bond acceptors (Lipinski definition) is 8. The molecule has 14 heteroatoms. The fraction of sp³-hybridized carbons (Fsp3) is 0.207. The lowest BCUT2D eigenvalue weighted by Gasteiger charge is -2.13. The molecule has 0 saturated carbocycles. The number of alkyl halides is 2. The van der Waals surface area contributed by atoms with E-state index in [4.69, 9.17) is 15.2 Å². The number of carbonyl (C=O) groups excluding carboxylic acids is 1. The van der Waals surface area contributed by atoms with Crippen molar-refractivity contribution in [3.8, 4) is 23.1 Å². The van der Waals surface area contributed by atoms with E-state index in [0.717, 1.165) is 18.4 Å². The Kier molecular flexibility index (Phi) is 7.97. The van der Waals surface area contributed by atoms with Crippen LogP contribution in [0, 0.1) is 18.6 Å². The number of fused-ring (bicyclic) bond motifs is 1. The molecule has 0 spiro atoms. The Labute approximate surface area is 243 Å². The molecule has 2 heterocycles. The Morgan fingerprint density at radius 1 is 1.14 bits per heavy atom. The largest absolute Gasteiger partial charge is 0.487 e. The van der Waals surface area contributed by atoms with Gasteiger partial charge in [-0.25, -0.2) is 35.6 Å². The molecular formula is C29H24F4N4O5S. The number of para-hydroxylation sites is 1. The zero-order valence-corrected chi connectivity index (χ0v) is 23.6. The van der Waals surface area contributed by atoms with Gasteiger partial charge in [-0.05, 0) is 47.9 Å². The van der Waals surface area contributed by atoms with Gasteiger partial charge in [-0.1, -0.05) is 12.1 Å². The van der Waals surface area contributed by atoms with Crippen LogP contribution in [0.5, 0.6) is 17.4 Å². The second kappa shape index (κ2) is 11.5. The van der Waals surface area contributed by atoms with Crippen molar-refractivity contribution in [2.45, 2.75) is 25.5 Å². The zero-order chi connectivity index (χ0) is 31.1. The summed E-state index contributed by atoms with van der Waals surface area (Å²) in [6.07, 6.45) is 2.58. The van der Waals surface area contributed by atoms with Crippen LogP contribution in [-0.4, -0.2) is 48.3 Å². The van der Waals surface area contributed by atoms with Crippen molar-refractivity contribution in [3.63, 3.8) is 0 Å². The number of ether oxygens (including phenoxy) is 2. The summed E-state index contributed by atoms with van der Waals surface area (Å²) in [7, 11) is -3.51. The second-order valence-electron chi connectivity index (χ2n) is 9.92. The van der Waals surface area contributed by atoms with Crippen LogP contribution in [0.15, 0.2) is 54.4 Å². The molecule has 2 N–H and O–H groups in total. The van der Waals surface area contributed by atoms with Crippen LogP contribution in [0.3, 0.4) is 0 Å². The number of allylic oxidation sites excluding steroid dienone is 1. The van der Waals surface area contributed by atoms with Gasteiger partial charge in [-0.15, -0.1) is 0 Å². The number of Topliss-reactive ketones (excluding diaryl/α,β-unsaturated/α-hetero) is 1. The van der Waals surface area contributed by atoms with Gasteiger partial charge in [0.2, 0.25) is 11.6 Å². The maximum Gasteiger partial charge on any atom is 0.272 e. The van der Waals surface area contributed by atoms with Gasteiger partial charge in [0.25, 0.3) is 6.43 Å². The summed E-state index contributed by atoms with van der Waals surface area (Å²) in [6.45, 7) is 0.754. The van der Waals surface area contributed by atoms with Crippen LogP contribution in [0.1, 0.15) is 32.6 Å². The number of pyridine rings is 1. The Morgan fingerprint density at radius 2 is 1.86 bits per heavy atom. The van der Waals surface area contributed by atoms with E-state index >= 15 is 0 Å². The molecule has 0 bridgehead atoms. The third kappa shape index (κ3) is 6.38. The van der Waals surface area contributed by atoms with Gasteiger partial charge in [0.1, 0.15) is 18.2 Å². The van der Waals surface area contributed by atoms with Crippen molar-refractivity contribution in [1.29, 1.82) is 0 Å². The van der Waals surface area contributed by atoms with Crippen LogP contribution < -0.4 is 15.2 Å². The molecule has 43 heavy (non-hydrogen) atoms. The number of aryl methyl sites for hydroxylation is 1. The number of benzene rings is 2. The van der Waals surface area contributed by atoms with E-state index in [-0.39, 0.29) is 35.0 Å². The molecule has 0 fully saturated rings. The highest BCUT2D eigenvalue weighted by Crippen LogP contribution is 2.35. The maximum absolute atomic E-state index is 14.0. The van der Waals surface area contributed by atoms with E-state index < -0.39 is 51.8 Å². The summed E-state index contributed by atoms with van der Waals surface area (Å²) in [6, 6.07) is 7.72. The molecule has 4 aromatic rings. The van der Waals surface area contributed by atoms with Gasteiger partial charge in [0.15, 0.2) is 27.3 Å². The molecule has 224 valence electrons. The number of aromatic nitrogens is 3. The number of halogens is 4. The average Bonchev–Trinajstić information content (AvgIpc) is 3.51. The summed E-state index contributed by atoms with van der Waals surface area (Å²) < 4.78 is 89.1. The number of carbonyl (C=O) groups is 1. The highest BCUT2D eigenvalue weighted by atomic mass is 32.2. The van der Waals surface area contributed by atoms with E-state index in [9.17, 15) is 30.8 Å². The van der Waals surface area contributed by atoms with E-state index in [1.807, 2.05) is 0 Å². The lowest BCUT2D eigenvalue weighted by molar-refractivity contribution is 0.0815. The highest BCUT2D eigenvalue weighted by Gasteiger charge is 2.26. The molecule has 2 aromatic carbocycles. The number of sulfone groups is 1. The quantitative estimate of drug-likeness (QED) is 0.189. The highest BCUT2D eigenvalue weighted by molar-refractivity contribution is 7.89. The molecule has 1 aliphatic carbocycles. The minimum Gasteiger partial charge on any atom is -0.487 e. The molecule has 2 aromatic heterocycles. The summed E-state index contributed by atoms with van der Waals surface area (Å²) in [5, 5.41) is 4.22. The van der Waals surface area contributed by atoms with E-state index in [1.165, 1.54) is 41.3 Å². The van der Waals surface area contributed by atoms with E-state index in [1.54, 1.807) is 13.0 Å². The summed E-state index contributed by atoms with van der Waals surface area (Å²) in [4.78, 5) is 17.6. The van der Waals surface area contributed by atoms with Crippen molar-refractivity contribution in [1.82, 2.24) is 14.8 Å². The first-order chi connectivity index (χ1) is 20.3. The first-order valence-electron chi connectivity index (χ1n) is 12.7. The van der Waals surface area contributed by atoms with Crippen LogP contribution in [-0.2, 0) is 22.0 Å². The SMILES string of the molecule is Cc1cc(Oc2c(F)cccc2F)ncc1-n1ncc(C(=O)C2=Cc3cc(OCC(F)F)c(CS(C)(=O)=O)cc3C2)c1N. The van der Waals surface area contributed by atoms with E-state index in [2.05, 4.69) is 10.1 Å². The topological polar surface area (TPSA) is 126 Å². The Bertz CT molecular complexity index is 1870. The predicted molar refractivity (Wildman–Crippen MR) is 149 cm³/mol. The summed E-state index contributed by atoms with van der Waals surface area (Å²) >= 11 is 0. The normalized spacial score (nSPS) is 12.8.